The number of alkyl halides is 41. The zero-order valence-electron chi connectivity index (χ0n) is 27.2. The number of rotatable bonds is 19. The molecule has 1 N–H and O–H groups in total. The van der Waals surface area contributed by atoms with Crippen molar-refractivity contribution in [2.75, 3.05) is 0 Å². The van der Waals surface area contributed by atoms with E-state index in [0.717, 1.165) is 0 Å². The van der Waals surface area contributed by atoms with Gasteiger partial charge in [0, 0.05) is 0 Å². The molecule has 0 saturated carbocycles. The standard InChI is InChI=1S/C20HF41O3S/c21-1(22,3(25,26)5(29,30)7(33,34)9(37,38)11(41,42)13(45,46)15(49,50)17(53,54)19(57,58)59)2(23,24)4(27,28)6(31,32)8(35,36)10(39,40)12(43,44)14(47,48)16(51,52)18(55,56)20(60,61)65(62,63)64/h(H,62,63,64). The van der Waals surface area contributed by atoms with Crippen LogP contribution in [0.4, 0.5) is 180 Å². The minimum atomic E-state index is -10.7. The Hall–Kier alpha value is -2.96. The summed E-state index contributed by atoms with van der Waals surface area (Å²) in [5.41, 5.74) is 0. The molecule has 0 aliphatic rings. The Morgan fingerprint density at radius 2 is 0.277 bits per heavy atom. The highest BCUT2D eigenvalue weighted by molar-refractivity contribution is 7.87. The van der Waals surface area contributed by atoms with Crippen molar-refractivity contribution in [3.8, 4) is 0 Å². The average molecular weight is 1100 g/mol. The lowest BCUT2D eigenvalue weighted by molar-refractivity contribution is -0.495. The first kappa shape index (κ1) is 62.0. The topological polar surface area (TPSA) is 54.4 Å². The molecule has 0 rings (SSSR count). The molecule has 0 aliphatic heterocycles. The monoisotopic (exact) mass is 1100 g/mol. The predicted molar refractivity (Wildman–Crippen MR) is 112 cm³/mol. The van der Waals surface area contributed by atoms with Crippen molar-refractivity contribution in [3.05, 3.63) is 0 Å². The molecular formula is C20HF41O3S. The van der Waals surface area contributed by atoms with Crippen LogP contribution in [0.15, 0.2) is 0 Å². The molecule has 0 saturated heterocycles. The molecule has 45 heteroatoms. The molecule has 65 heavy (non-hydrogen) atoms. The van der Waals surface area contributed by atoms with Crippen LogP contribution in [-0.4, -0.2) is 131 Å². The Morgan fingerprint density at radius 3 is 0.369 bits per heavy atom. The smallest absolute Gasteiger partial charge is 0.281 e. The van der Waals surface area contributed by atoms with Gasteiger partial charge in [0.1, 0.15) is 0 Å². The van der Waals surface area contributed by atoms with Crippen molar-refractivity contribution in [2.24, 2.45) is 0 Å². The largest absolute Gasteiger partial charge is 0.460 e. The molecule has 0 aromatic heterocycles. The zero-order valence-corrected chi connectivity index (χ0v) is 28.0. The first-order valence-electron chi connectivity index (χ1n) is 13.2. The minimum absolute atomic E-state index is 7.74. The summed E-state index contributed by atoms with van der Waals surface area (Å²) in [4.78, 5) is 0. The second-order valence-electron chi connectivity index (χ2n) is 11.8. The third-order valence-corrected chi connectivity index (χ3v) is 8.65. The third-order valence-electron chi connectivity index (χ3n) is 7.75. The Bertz CT molecular complexity index is 1880. The van der Waals surface area contributed by atoms with Crippen LogP contribution in [0.2, 0.25) is 0 Å². The number of halogens is 41. The van der Waals surface area contributed by atoms with Gasteiger partial charge >= 0.3 is 128 Å². The van der Waals surface area contributed by atoms with Crippen LogP contribution in [-0.2, 0) is 10.1 Å². The van der Waals surface area contributed by atoms with Gasteiger partial charge < -0.3 is 0 Å². The molecule has 0 radical (unpaired) electrons. The van der Waals surface area contributed by atoms with Gasteiger partial charge in [-0.05, 0) is 0 Å². The minimum Gasteiger partial charge on any atom is -0.281 e. The quantitative estimate of drug-likeness (QED) is 0.104. The van der Waals surface area contributed by atoms with Crippen LogP contribution in [0, 0.1) is 0 Å². The summed E-state index contributed by atoms with van der Waals surface area (Å²) >= 11 is 0. The predicted octanol–water partition coefficient (Wildman–Crippen LogP) is 12.5. The average Bonchev–Trinajstić information content (AvgIpc) is 3.05. The lowest BCUT2D eigenvalue weighted by Crippen LogP contribution is -2.80. The van der Waals surface area contributed by atoms with Gasteiger partial charge in [0.2, 0.25) is 0 Å². The molecule has 0 aromatic rings. The second kappa shape index (κ2) is 14.5. The molecule has 392 valence electrons. The van der Waals surface area contributed by atoms with Crippen molar-refractivity contribution in [1.29, 1.82) is 0 Å². The first-order chi connectivity index (χ1) is 27.0. The van der Waals surface area contributed by atoms with Crippen LogP contribution in [0.3, 0.4) is 0 Å². The highest BCUT2D eigenvalue weighted by atomic mass is 32.2. The van der Waals surface area contributed by atoms with Gasteiger partial charge in [0.15, 0.2) is 0 Å². The van der Waals surface area contributed by atoms with E-state index >= 15 is 0 Å². The van der Waals surface area contributed by atoms with E-state index in [2.05, 4.69) is 0 Å². The Kier molecular flexibility index (Phi) is 13.9. The molecule has 0 aromatic carbocycles. The molecule has 0 atom stereocenters. The summed E-state index contributed by atoms with van der Waals surface area (Å²) in [7, 11) is -8.58. The van der Waals surface area contributed by atoms with E-state index in [1.165, 1.54) is 0 Å². The summed E-state index contributed by atoms with van der Waals surface area (Å²) in [5, 5.41) is -8.57. The molecule has 0 spiro atoms. The fourth-order valence-electron chi connectivity index (χ4n) is 3.68. The van der Waals surface area contributed by atoms with Gasteiger partial charge in [-0.2, -0.15) is 188 Å². The van der Waals surface area contributed by atoms with Crippen molar-refractivity contribution >= 4 is 10.1 Å². The number of hydrogen-bond donors (Lipinski definition) is 1. The normalized spacial score (nSPS) is 17.5. The Balaban J connectivity index is 8.05. The van der Waals surface area contributed by atoms with Crippen molar-refractivity contribution < 1.29 is 193 Å². The van der Waals surface area contributed by atoms with Gasteiger partial charge in [0.25, 0.3) is 0 Å². The zero-order chi connectivity index (χ0) is 54.5. The van der Waals surface area contributed by atoms with E-state index in [-0.39, 0.29) is 0 Å². The van der Waals surface area contributed by atoms with E-state index in [9.17, 15) is 188 Å². The van der Waals surface area contributed by atoms with Crippen LogP contribution in [0.25, 0.3) is 0 Å². The molecule has 0 bridgehead atoms. The summed E-state index contributed by atoms with van der Waals surface area (Å²) < 4.78 is 584. The summed E-state index contributed by atoms with van der Waals surface area (Å²) in [5.74, 6) is -184. The molecule has 0 unspecified atom stereocenters. The lowest BCUT2D eigenvalue weighted by Gasteiger charge is -2.47. The summed E-state index contributed by atoms with van der Waals surface area (Å²) in [6.07, 6.45) is -8.55. The maximum absolute atomic E-state index is 14.0. The fourth-order valence-corrected chi connectivity index (χ4v) is 4.13. The highest BCUT2D eigenvalue weighted by Gasteiger charge is 3.03. The van der Waals surface area contributed by atoms with Gasteiger partial charge in [-0.3, -0.25) is 4.55 Å². The molecule has 0 amide bonds. The van der Waals surface area contributed by atoms with Crippen molar-refractivity contribution in [3.63, 3.8) is 0 Å². The van der Waals surface area contributed by atoms with E-state index < -0.39 is 128 Å². The molecule has 0 fully saturated rings. The van der Waals surface area contributed by atoms with Crippen LogP contribution in [0.5, 0.6) is 0 Å². The van der Waals surface area contributed by atoms with E-state index in [4.69, 9.17) is 4.55 Å². The van der Waals surface area contributed by atoms with Crippen LogP contribution < -0.4 is 0 Å². The molecule has 0 aliphatic carbocycles. The summed E-state index contributed by atoms with van der Waals surface area (Å²) in [6.45, 7) is 0. The van der Waals surface area contributed by atoms with Crippen LogP contribution in [0.1, 0.15) is 0 Å². The van der Waals surface area contributed by atoms with Crippen molar-refractivity contribution in [1.82, 2.24) is 0 Å². The summed E-state index contributed by atoms with van der Waals surface area (Å²) in [6, 6.07) is 0. The van der Waals surface area contributed by atoms with Crippen LogP contribution >= 0.6 is 0 Å². The van der Waals surface area contributed by atoms with Gasteiger partial charge in [-0.25, -0.2) is 0 Å². The maximum Gasteiger partial charge on any atom is 0.460 e. The van der Waals surface area contributed by atoms with Gasteiger partial charge in [0.05, 0.1) is 0 Å². The first-order valence-corrected chi connectivity index (χ1v) is 14.7. The number of hydrogen-bond acceptors (Lipinski definition) is 2. The highest BCUT2D eigenvalue weighted by Crippen LogP contribution is 2.71. The van der Waals surface area contributed by atoms with E-state index in [0.29, 0.717) is 0 Å². The van der Waals surface area contributed by atoms with E-state index in [1.807, 2.05) is 0 Å². The van der Waals surface area contributed by atoms with Gasteiger partial charge in [-0.15, -0.1) is 0 Å². The second-order valence-corrected chi connectivity index (χ2v) is 13.3. The lowest BCUT2D eigenvalue weighted by atomic mass is 9.82. The van der Waals surface area contributed by atoms with E-state index in [1.54, 1.807) is 0 Å². The van der Waals surface area contributed by atoms with Crippen molar-refractivity contribution in [2.45, 2.75) is 118 Å². The fraction of sp³-hybridized carbons (Fsp3) is 1.00. The third kappa shape index (κ3) is 6.79. The SMILES string of the molecule is O=S(=O)(O)C(F)(F)C(F)(F)C(F)(F)C(F)(F)C(F)(F)C(F)(F)C(F)(F)C(F)(F)C(F)(F)C(F)(F)C(F)(F)C(F)(F)C(F)(F)C(F)(F)C(F)(F)C(F)(F)C(F)(F)C(F)(F)C(F)(F)C(F)(F)F. The van der Waals surface area contributed by atoms with Gasteiger partial charge in [-0.1, -0.05) is 0 Å². The Labute approximate surface area is 322 Å². The maximum atomic E-state index is 14.0. The molecule has 0 heterocycles. The molecule has 3 nitrogen and oxygen atoms in total. The molecular weight excluding hydrogens is 1100 g/mol. The Morgan fingerprint density at radius 1 is 0.185 bits per heavy atom.